The molecule has 1 saturated heterocycles. The summed E-state index contributed by atoms with van der Waals surface area (Å²) in [4.78, 5) is 32.5. The number of H-pyrrole nitrogens is 1. The second kappa shape index (κ2) is 10.2. The number of hydrogen-bond acceptors (Lipinski definition) is 8. The molecule has 0 amide bonds. The molecule has 0 saturated carbocycles. The van der Waals surface area contributed by atoms with Crippen LogP contribution in [0.5, 0.6) is 0 Å². The zero-order valence-electron chi connectivity index (χ0n) is 19.9. The molecule has 0 radical (unpaired) electrons. The first-order chi connectivity index (χ1) is 18.6. The van der Waals surface area contributed by atoms with Gasteiger partial charge in [-0.3, -0.25) is 4.57 Å². The van der Waals surface area contributed by atoms with Gasteiger partial charge < -0.3 is 25.4 Å². The van der Waals surface area contributed by atoms with Crippen LogP contribution in [0.1, 0.15) is 5.82 Å². The monoisotopic (exact) mass is 544 g/mol. The number of aliphatic hydroxyl groups excluding tert-OH is 1. The van der Waals surface area contributed by atoms with Crippen molar-refractivity contribution in [1.82, 2.24) is 29.5 Å². The van der Waals surface area contributed by atoms with Crippen molar-refractivity contribution in [2.75, 3.05) is 23.3 Å². The second-order valence-corrected chi connectivity index (χ2v) is 8.55. The minimum absolute atomic E-state index is 0.340. The topological polar surface area (TPSA) is 145 Å². The van der Waals surface area contributed by atoms with Crippen molar-refractivity contribution in [3.63, 3.8) is 0 Å². The average molecular weight is 544 g/mol. The van der Waals surface area contributed by atoms with Gasteiger partial charge >= 0.3 is 12.1 Å². The normalized spacial score (nSPS) is 13.7. The van der Waals surface area contributed by atoms with Gasteiger partial charge in [-0.05, 0) is 30.3 Å². The smallest absolute Gasteiger partial charge is 0.475 e. The van der Waals surface area contributed by atoms with E-state index in [9.17, 15) is 22.7 Å². The number of nitrogens with one attached hydrogen (secondary N) is 2. The minimum atomic E-state index is -5.08. The Labute approximate surface area is 216 Å². The SMILES string of the molecule is O=C(O)C(F)(F)F.OC1CN(c2nc(NCc3nc4ccccc4[nH]3)c3ncn(-c4cccc(F)c4)c3n2)C1. The Morgan fingerprint density at radius 1 is 1.10 bits per heavy atom. The number of carbonyl (C=O) groups is 1. The van der Waals surface area contributed by atoms with Crippen LogP contribution < -0.4 is 10.2 Å². The van der Waals surface area contributed by atoms with Crippen LogP contribution in [0.25, 0.3) is 27.9 Å². The molecule has 0 atom stereocenters. The zero-order chi connectivity index (χ0) is 27.7. The molecule has 39 heavy (non-hydrogen) atoms. The Balaban J connectivity index is 0.000000392. The lowest BCUT2D eigenvalue weighted by molar-refractivity contribution is -0.192. The van der Waals surface area contributed by atoms with E-state index in [0.29, 0.717) is 48.3 Å². The van der Waals surface area contributed by atoms with Gasteiger partial charge in [0, 0.05) is 13.1 Å². The molecule has 15 heteroatoms. The van der Waals surface area contributed by atoms with Gasteiger partial charge in [-0.25, -0.2) is 19.2 Å². The number of benzene rings is 2. The molecule has 0 aliphatic carbocycles. The number of alkyl halides is 3. The first-order valence-corrected chi connectivity index (χ1v) is 11.5. The predicted octanol–water partition coefficient (Wildman–Crippen LogP) is 3.26. The van der Waals surface area contributed by atoms with Gasteiger partial charge in [0.15, 0.2) is 17.0 Å². The van der Waals surface area contributed by atoms with Crippen LogP contribution in [0.2, 0.25) is 0 Å². The summed E-state index contributed by atoms with van der Waals surface area (Å²) in [5, 5.41) is 20.2. The maximum absolute atomic E-state index is 13.8. The number of aromatic nitrogens is 6. The number of aliphatic carboxylic acids is 1. The van der Waals surface area contributed by atoms with E-state index in [-0.39, 0.29) is 5.82 Å². The molecule has 202 valence electrons. The lowest BCUT2D eigenvalue weighted by Gasteiger charge is -2.35. The summed E-state index contributed by atoms with van der Waals surface area (Å²) in [5.41, 5.74) is 3.58. The number of aromatic amines is 1. The Morgan fingerprint density at radius 2 is 1.85 bits per heavy atom. The maximum atomic E-state index is 13.8. The molecule has 3 aromatic heterocycles. The Bertz CT molecular complexity index is 1610. The standard InChI is InChI=1S/C22H19FN8O.C2HF3O2/c23-13-4-3-5-14(8-13)31-12-25-19-20(28-22(29-21(19)31)30-10-15(32)11-30)24-9-18-26-16-6-1-2-7-17(16)27-18;3-2(4,5)1(6)7/h1-8,12,15,32H,9-11H2,(H,26,27)(H,24,28,29);(H,6,7). The number of aliphatic hydroxyl groups is 1. The first kappa shape index (κ1) is 25.8. The predicted molar refractivity (Wildman–Crippen MR) is 132 cm³/mol. The summed E-state index contributed by atoms with van der Waals surface area (Å²) in [6.45, 7) is 1.33. The van der Waals surface area contributed by atoms with E-state index in [1.165, 1.54) is 12.1 Å². The number of carboxylic acid groups (broad SMARTS) is 1. The molecule has 5 aromatic rings. The van der Waals surface area contributed by atoms with E-state index in [0.717, 1.165) is 16.9 Å². The minimum Gasteiger partial charge on any atom is -0.475 e. The molecule has 1 fully saturated rings. The average Bonchev–Trinajstić information content (AvgIpc) is 3.49. The highest BCUT2D eigenvalue weighted by Gasteiger charge is 2.38. The number of halogens is 4. The molecule has 0 spiro atoms. The van der Waals surface area contributed by atoms with Crippen LogP contribution in [0.4, 0.5) is 29.3 Å². The van der Waals surface area contributed by atoms with E-state index in [2.05, 4.69) is 30.2 Å². The number of para-hydroxylation sites is 2. The molecule has 0 bridgehead atoms. The van der Waals surface area contributed by atoms with Crippen molar-refractivity contribution in [3.05, 3.63) is 66.5 Å². The summed E-state index contributed by atoms with van der Waals surface area (Å²) >= 11 is 0. The van der Waals surface area contributed by atoms with Gasteiger partial charge in [0.05, 0.1) is 29.4 Å². The van der Waals surface area contributed by atoms with Crippen LogP contribution in [0, 0.1) is 5.82 Å². The summed E-state index contributed by atoms with van der Waals surface area (Å²) in [6, 6.07) is 14.1. The molecule has 1 aliphatic rings. The van der Waals surface area contributed by atoms with Crippen LogP contribution in [-0.4, -0.2) is 71.0 Å². The third kappa shape index (κ3) is 5.57. The Hall–Kier alpha value is -4.79. The van der Waals surface area contributed by atoms with Gasteiger partial charge in [-0.2, -0.15) is 23.1 Å². The van der Waals surface area contributed by atoms with E-state index in [4.69, 9.17) is 9.90 Å². The molecule has 1 aliphatic heterocycles. The largest absolute Gasteiger partial charge is 0.490 e. The van der Waals surface area contributed by atoms with E-state index in [1.54, 1.807) is 23.0 Å². The van der Waals surface area contributed by atoms with Crippen molar-refractivity contribution >= 4 is 39.9 Å². The lowest BCUT2D eigenvalue weighted by atomic mass is 10.2. The number of rotatable bonds is 5. The number of fused-ring (bicyclic) bond motifs is 2. The van der Waals surface area contributed by atoms with Crippen LogP contribution in [0.3, 0.4) is 0 Å². The van der Waals surface area contributed by atoms with Crippen molar-refractivity contribution in [3.8, 4) is 5.69 Å². The second-order valence-electron chi connectivity index (χ2n) is 8.55. The number of nitrogens with zero attached hydrogens (tertiary/aromatic N) is 6. The number of carboxylic acids is 1. The highest BCUT2D eigenvalue weighted by Crippen LogP contribution is 2.27. The summed E-state index contributed by atoms with van der Waals surface area (Å²) in [5.74, 6) is -1.31. The number of β-amino-alcohol motifs (C(OH)–C–C–N with tert-alkyl or cyclic N) is 1. The van der Waals surface area contributed by atoms with E-state index in [1.807, 2.05) is 29.2 Å². The third-order valence-corrected chi connectivity index (χ3v) is 5.72. The molecule has 11 nitrogen and oxygen atoms in total. The third-order valence-electron chi connectivity index (χ3n) is 5.72. The zero-order valence-corrected chi connectivity index (χ0v) is 19.9. The summed E-state index contributed by atoms with van der Waals surface area (Å²) in [7, 11) is 0. The van der Waals surface area contributed by atoms with Crippen LogP contribution in [0.15, 0.2) is 54.9 Å². The highest BCUT2D eigenvalue weighted by molar-refractivity contribution is 5.85. The first-order valence-electron chi connectivity index (χ1n) is 11.5. The van der Waals surface area contributed by atoms with E-state index >= 15 is 0 Å². The van der Waals surface area contributed by atoms with Gasteiger partial charge in [0.1, 0.15) is 18.0 Å². The Morgan fingerprint density at radius 3 is 2.51 bits per heavy atom. The van der Waals surface area contributed by atoms with E-state index < -0.39 is 18.2 Å². The van der Waals surface area contributed by atoms with Gasteiger partial charge in [-0.15, -0.1) is 0 Å². The van der Waals surface area contributed by atoms with Crippen LogP contribution >= 0.6 is 0 Å². The van der Waals surface area contributed by atoms with Crippen molar-refractivity contribution < 1.29 is 32.6 Å². The fraction of sp³-hybridized carbons (Fsp3) is 0.208. The maximum Gasteiger partial charge on any atom is 0.490 e. The highest BCUT2D eigenvalue weighted by atomic mass is 19.4. The molecule has 2 aromatic carbocycles. The Kier molecular flexibility index (Phi) is 6.74. The van der Waals surface area contributed by atoms with Gasteiger partial charge in [0.25, 0.3) is 0 Å². The molecular formula is C24H20F4N8O3. The number of hydrogen-bond donors (Lipinski definition) is 4. The van der Waals surface area contributed by atoms with Gasteiger partial charge in [-0.1, -0.05) is 18.2 Å². The molecule has 4 N–H and O–H groups in total. The number of imidazole rings is 2. The van der Waals surface area contributed by atoms with Crippen molar-refractivity contribution in [2.45, 2.75) is 18.8 Å². The molecule has 0 unspecified atom stereocenters. The fourth-order valence-corrected chi connectivity index (χ4v) is 3.84. The fourth-order valence-electron chi connectivity index (χ4n) is 3.84. The summed E-state index contributed by atoms with van der Waals surface area (Å²) < 4.78 is 47.3. The summed E-state index contributed by atoms with van der Waals surface area (Å²) in [6.07, 6.45) is -3.87. The van der Waals surface area contributed by atoms with Crippen LogP contribution in [-0.2, 0) is 11.3 Å². The molecule has 4 heterocycles. The van der Waals surface area contributed by atoms with Crippen molar-refractivity contribution in [2.24, 2.45) is 0 Å². The number of anilines is 2. The van der Waals surface area contributed by atoms with Crippen molar-refractivity contribution in [1.29, 1.82) is 0 Å². The van der Waals surface area contributed by atoms with Gasteiger partial charge in [0.2, 0.25) is 5.95 Å². The quantitative estimate of drug-likeness (QED) is 0.245. The molecule has 6 rings (SSSR count). The lowest BCUT2D eigenvalue weighted by Crippen LogP contribution is -2.51. The molecular weight excluding hydrogens is 524 g/mol.